The van der Waals surface area contributed by atoms with E-state index in [0.29, 0.717) is 5.56 Å². The van der Waals surface area contributed by atoms with E-state index in [-0.39, 0.29) is 17.3 Å². The molecule has 1 aromatic heterocycles. The molecule has 1 atom stereocenters. The van der Waals surface area contributed by atoms with E-state index >= 15 is 0 Å². The van der Waals surface area contributed by atoms with E-state index < -0.39 is 0 Å². The molecule has 110 valence electrons. The third-order valence-corrected chi connectivity index (χ3v) is 3.41. The molecular formula is C17H20N2O2. The zero-order valence-corrected chi connectivity index (χ0v) is 12.8. The van der Waals surface area contributed by atoms with Crippen LogP contribution in [0.5, 0.6) is 0 Å². The van der Waals surface area contributed by atoms with Crippen LogP contribution in [0.25, 0.3) is 0 Å². The molecule has 21 heavy (non-hydrogen) atoms. The molecule has 4 heteroatoms. The Labute approximate surface area is 125 Å². The Morgan fingerprint density at radius 1 is 1.14 bits per heavy atom. The molecule has 2 rings (SSSR count). The van der Waals surface area contributed by atoms with Gasteiger partial charge in [-0.05, 0) is 23.1 Å². The number of hydrogen-bond donors (Lipinski definition) is 0. The lowest BCUT2D eigenvalue weighted by Gasteiger charge is -2.30. The second kappa shape index (κ2) is 6.04. The first-order valence-corrected chi connectivity index (χ1v) is 6.87. The number of ether oxygens (including phenoxy) is 1. The monoisotopic (exact) mass is 284 g/mol. The second-order valence-corrected chi connectivity index (χ2v) is 6.04. The Hall–Kier alpha value is -2.23. The highest BCUT2D eigenvalue weighted by molar-refractivity contribution is 5.89. The molecule has 1 aromatic carbocycles. The summed E-state index contributed by atoms with van der Waals surface area (Å²) in [5, 5.41) is 0. The molecule has 0 fully saturated rings. The molecule has 0 saturated carbocycles. The predicted octanol–water partition coefficient (Wildman–Crippen LogP) is 3.44. The zero-order valence-electron chi connectivity index (χ0n) is 12.8. The Kier molecular flexibility index (Phi) is 4.36. The van der Waals surface area contributed by atoms with Crippen LogP contribution in [-0.4, -0.2) is 23.0 Å². The van der Waals surface area contributed by atoms with Gasteiger partial charge in [0.05, 0.1) is 18.4 Å². The smallest absolute Gasteiger partial charge is 0.337 e. The summed E-state index contributed by atoms with van der Waals surface area (Å²) >= 11 is 0. The molecule has 1 heterocycles. The van der Waals surface area contributed by atoms with Crippen LogP contribution >= 0.6 is 0 Å². The second-order valence-electron chi connectivity index (χ2n) is 6.04. The van der Waals surface area contributed by atoms with Crippen LogP contribution in [-0.2, 0) is 4.74 Å². The minimum absolute atomic E-state index is 0.0111. The van der Waals surface area contributed by atoms with Gasteiger partial charge in [0.1, 0.15) is 0 Å². The Bertz CT molecular complexity index is 601. The van der Waals surface area contributed by atoms with Crippen LogP contribution in [0.3, 0.4) is 0 Å². The first kappa shape index (κ1) is 15.2. The van der Waals surface area contributed by atoms with E-state index in [4.69, 9.17) is 4.74 Å². The van der Waals surface area contributed by atoms with Crippen molar-refractivity contribution in [2.24, 2.45) is 5.41 Å². The molecule has 0 spiro atoms. The molecule has 4 nitrogen and oxygen atoms in total. The standard InChI is InChI=1S/C17H20N2O2/c1-17(2,3)15(14-11-18-9-10-19-14)12-5-7-13(8-6-12)16(20)21-4/h5-11,15H,1-4H3. The normalized spacial score (nSPS) is 12.8. The molecule has 0 amide bonds. The average molecular weight is 284 g/mol. The van der Waals surface area contributed by atoms with Gasteiger partial charge in [-0.2, -0.15) is 0 Å². The van der Waals surface area contributed by atoms with E-state index in [9.17, 15) is 4.79 Å². The maximum Gasteiger partial charge on any atom is 0.337 e. The summed E-state index contributed by atoms with van der Waals surface area (Å²) in [5.41, 5.74) is 2.57. The Morgan fingerprint density at radius 2 is 1.81 bits per heavy atom. The topological polar surface area (TPSA) is 52.1 Å². The molecule has 0 bridgehead atoms. The highest BCUT2D eigenvalue weighted by Gasteiger charge is 2.29. The van der Waals surface area contributed by atoms with Crippen LogP contribution in [0.4, 0.5) is 0 Å². The third-order valence-electron chi connectivity index (χ3n) is 3.41. The molecule has 0 aliphatic rings. The molecule has 1 unspecified atom stereocenters. The molecule has 0 radical (unpaired) electrons. The molecule has 2 aromatic rings. The quantitative estimate of drug-likeness (QED) is 0.810. The lowest BCUT2D eigenvalue weighted by molar-refractivity contribution is 0.0600. The number of rotatable bonds is 3. The maximum atomic E-state index is 11.5. The molecule has 0 saturated heterocycles. The van der Waals surface area contributed by atoms with Gasteiger partial charge in [0.2, 0.25) is 0 Å². The number of methoxy groups -OCH3 is 1. The summed E-state index contributed by atoms with van der Waals surface area (Å²) in [6.07, 6.45) is 5.17. The molecule has 0 aliphatic heterocycles. The van der Waals surface area contributed by atoms with Crippen LogP contribution < -0.4 is 0 Å². The highest BCUT2D eigenvalue weighted by Crippen LogP contribution is 2.39. The van der Waals surface area contributed by atoms with Crippen molar-refractivity contribution in [2.75, 3.05) is 7.11 Å². The Morgan fingerprint density at radius 3 is 2.29 bits per heavy atom. The van der Waals surface area contributed by atoms with Gasteiger partial charge in [-0.15, -0.1) is 0 Å². The number of aromatic nitrogens is 2. The van der Waals surface area contributed by atoms with Crippen molar-refractivity contribution in [3.05, 3.63) is 59.7 Å². The summed E-state index contributed by atoms with van der Waals surface area (Å²) in [4.78, 5) is 20.1. The fourth-order valence-corrected chi connectivity index (χ4v) is 2.50. The number of carbonyl (C=O) groups is 1. The summed E-state index contributed by atoms with van der Waals surface area (Å²) in [5.74, 6) is -0.216. The minimum atomic E-state index is -0.326. The number of nitrogens with zero attached hydrogens (tertiary/aromatic N) is 2. The fourth-order valence-electron chi connectivity index (χ4n) is 2.50. The lowest BCUT2D eigenvalue weighted by atomic mass is 9.74. The van der Waals surface area contributed by atoms with E-state index in [1.807, 2.05) is 12.1 Å². The first-order valence-electron chi connectivity index (χ1n) is 6.87. The van der Waals surface area contributed by atoms with Crippen LogP contribution in [0.1, 0.15) is 48.3 Å². The van der Waals surface area contributed by atoms with Gasteiger partial charge in [-0.1, -0.05) is 32.9 Å². The lowest BCUT2D eigenvalue weighted by Crippen LogP contribution is -2.21. The predicted molar refractivity (Wildman–Crippen MR) is 81.1 cm³/mol. The van der Waals surface area contributed by atoms with E-state index in [0.717, 1.165) is 11.3 Å². The van der Waals surface area contributed by atoms with Crippen LogP contribution in [0.2, 0.25) is 0 Å². The molecule has 0 N–H and O–H groups in total. The van der Waals surface area contributed by atoms with E-state index in [2.05, 4.69) is 30.7 Å². The first-order chi connectivity index (χ1) is 9.93. The van der Waals surface area contributed by atoms with E-state index in [1.54, 1.807) is 30.7 Å². The maximum absolute atomic E-state index is 11.5. The number of carbonyl (C=O) groups excluding carboxylic acids is 1. The zero-order chi connectivity index (χ0) is 15.5. The van der Waals surface area contributed by atoms with Gasteiger partial charge >= 0.3 is 5.97 Å². The van der Waals surface area contributed by atoms with Crippen LogP contribution in [0.15, 0.2) is 42.9 Å². The van der Waals surface area contributed by atoms with Crippen molar-refractivity contribution in [3.63, 3.8) is 0 Å². The van der Waals surface area contributed by atoms with Crippen molar-refractivity contribution in [1.29, 1.82) is 0 Å². The van der Waals surface area contributed by atoms with Crippen molar-refractivity contribution in [2.45, 2.75) is 26.7 Å². The number of hydrogen-bond acceptors (Lipinski definition) is 4. The minimum Gasteiger partial charge on any atom is -0.465 e. The number of esters is 1. The molecule has 0 aliphatic carbocycles. The van der Waals surface area contributed by atoms with Gasteiger partial charge in [-0.3, -0.25) is 9.97 Å². The Balaban J connectivity index is 2.41. The average Bonchev–Trinajstić information content (AvgIpc) is 2.47. The summed E-state index contributed by atoms with van der Waals surface area (Å²) < 4.78 is 4.73. The summed E-state index contributed by atoms with van der Waals surface area (Å²) in [6.45, 7) is 6.50. The van der Waals surface area contributed by atoms with Crippen molar-refractivity contribution >= 4 is 5.97 Å². The number of benzene rings is 1. The van der Waals surface area contributed by atoms with Gasteiger partial charge in [0.15, 0.2) is 0 Å². The summed E-state index contributed by atoms with van der Waals surface area (Å²) in [7, 11) is 1.38. The SMILES string of the molecule is COC(=O)c1ccc(C(c2cnccn2)C(C)(C)C)cc1. The van der Waals surface area contributed by atoms with Crippen molar-refractivity contribution < 1.29 is 9.53 Å². The van der Waals surface area contributed by atoms with Gasteiger partial charge in [0.25, 0.3) is 0 Å². The summed E-state index contributed by atoms with van der Waals surface area (Å²) in [6, 6.07) is 7.49. The van der Waals surface area contributed by atoms with Gasteiger partial charge in [0, 0.05) is 24.5 Å². The van der Waals surface area contributed by atoms with Crippen molar-refractivity contribution in [1.82, 2.24) is 9.97 Å². The fraction of sp³-hybridized carbons (Fsp3) is 0.353. The largest absolute Gasteiger partial charge is 0.465 e. The van der Waals surface area contributed by atoms with Crippen LogP contribution in [0, 0.1) is 5.41 Å². The van der Waals surface area contributed by atoms with E-state index in [1.165, 1.54) is 7.11 Å². The highest BCUT2D eigenvalue weighted by atomic mass is 16.5. The van der Waals surface area contributed by atoms with Crippen molar-refractivity contribution in [3.8, 4) is 0 Å². The van der Waals surface area contributed by atoms with Gasteiger partial charge in [-0.25, -0.2) is 4.79 Å². The molecular weight excluding hydrogens is 264 g/mol. The third kappa shape index (κ3) is 3.45. The van der Waals surface area contributed by atoms with Gasteiger partial charge < -0.3 is 4.74 Å².